The molecule has 1 rings (SSSR count). The zero-order chi connectivity index (χ0) is 11.1. The van der Waals surface area contributed by atoms with Crippen molar-refractivity contribution in [2.45, 2.75) is 45.3 Å². The third-order valence-corrected chi connectivity index (χ3v) is 2.71. The molecule has 0 unspecified atom stereocenters. The van der Waals surface area contributed by atoms with Crippen molar-refractivity contribution in [2.24, 2.45) is 0 Å². The van der Waals surface area contributed by atoms with Gasteiger partial charge in [0.15, 0.2) is 0 Å². The van der Waals surface area contributed by atoms with Crippen molar-refractivity contribution in [3.63, 3.8) is 0 Å². The third kappa shape index (κ3) is 6.13. The molecule has 0 aliphatic carbocycles. The van der Waals surface area contributed by atoms with Crippen LogP contribution in [0.5, 0.6) is 0 Å². The van der Waals surface area contributed by atoms with Gasteiger partial charge in [-0.1, -0.05) is 0 Å². The Morgan fingerprint density at radius 1 is 1.40 bits per heavy atom. The second kappa shape index (κ2) is 7.20. The standard InChI is InChI=1S/C12H25NO2/c1-11(2)14-9-7-13(3)10-12-6-4-5-8-15-12/h11-12H,4-10H2,1-3H3/t12-/m0/s1. The van der Waals surface area contributed by atoms with E-state index in [9.17, 15) is 0 Å². The predicted octanol–water partition coefficient (Wildman–Crippen LogP) is 1.91. The molecule has 1 aliphatic heterocycles. The van der Waals surface area contributed by atoms with E-state index < -0.39 is 0 Å². The maximum absolute atomic E-state index is 5.69. The topological polar surface area (TPSA) is 21.7 Å². The van der Waals surface area contributed by atoms with Crippen molar-refractivity contribution < 1.29 is 9.47 Å². The molecule has 0 saturated carbocycles. The molecule has 0 radical (unpaired) electrons. The van der Waals surface area contributed by atoms with Crippen molar-refractivity contribution in [3.05, 3.63) is 0 Å². The van der Waals surface area contributed by atoms with Crippen LogP contribution in [0.1, 0.15) is 33.1 Å². The molecule has 3 nitrogen and oxygen atoms in total. The first-order valence-corrected chi connectivity index (χ1v) is 6.10. The lowest BCUT2D eigenvalue weighted by Gasteiger charge is -2.27. The zero-order valence-electron chi connectivity index (χ0n) is 10.4. The highest BCUT2D eigenvalue weighted by atomic mass is 16.5. The van der Waals surface area contributed by atoms with E-state index in [4.69, 9.17) is 9.47 Å². The van der Waals surface area contributed by atoms with Crippen LogP contribution in [0.3, 0.4) is 0 Å². The maximum Gasteiger partial charge on any atom is 0.0701 e. The van der Waals surface area contributed by atoms with E-state index in [2.05, 4.69) is 25.8 Å². The molecule has 0 amide bonds. The minimum absolute atomic E-state index is 0.337. The largest absolute Gasteiger partial charge is 0.377 e. The summed E-state index contributed by atoms with van der Waals surface area (Å²) in [5.41, 5.74) is 0. The molecule has 0 N–H and O–H groups in total. The number of rotatable bonds is 6. The number of hydrogen-bond acceptors (Lipinski definition) is 3. The summed E-state index contributed by atoms with van der Waals surface area (Å²) in [4.78, 5) is 2.30. The predicted molar refractivity (Wildman–Crippen MR) is 62.2 cm³/mol. The van der Waals surface area contributed by atoms with Crippen molar-refractivity contribution in [2.75, 3.05) is 33.4 Å². The molecule has 15 heavy (non-hydrogen) atoms. The van der Waals surface area contributed by atoms with Crippen LogP contribution < -0.4 is 0 Å². The second-order valence-corrected chi connectivity index (χ2v) is 4.67. The van der Waals surface area contributed by atoms with Crippen molar-refractivity contribution in [3.8, 4) is 0 Å². The van der Waals surface area contributed by atoms with Crippen LogP contribution in [0.15, 0.2) is 0 Å². The molecule has 1 atom stereocenters. The van der Waals surface area contributed by atoms with E-state index in [-0.39, 0.29) is 0 Å². The zero-order valence-corrected chi connectivity index (χ0v) is 10.4. The summed E-state index contributed by atoms with van der Waals surface area (Å²) >= 11 is 0. The summed E-state index contributed by atoms with van der Waals surface area (Å²) < 4.78 is 11.2. The van der Waals surface area contributed by atoms with E-state index in [0.717, 1.165) is 26.3 Å². The Hall–Kier alpha value is -0.120. The highest BCUT2D eigenvalue weighted by Gasteiger charge is 2.15. The van der Waals surface area contributed by atoms with E-state index in [1.54, 1.807) is 0 Å². The number of likely N-dealkylation sites (N-methyl/N-ethyl adjacent to an activating group) is 1. The first kappa shape index (κ1) is 12.9. The second-order valence-electron chi connectivity index (χ2n) is 4.67. The van der Waals surface area contributed by atoms with Gasteiger partial charge in [-0.15, -0.1) is 0 Å². The van der Waals surface area contributed by atoms with E-state index >= 15 is 0 Å². The van der Waals surface area contributed by atoms with Gasteiger partial charge < -0.3 is 14.4 Å². The van der Waals surface area contributed by atoms with Crippen LogP contribution in [-0.4, -0.2) is 50.5 Å². The van der Waals surface area contributed by atoms with Crippen molar-refractivity contribution in [1.29, 1.82) is 0 Å². The Morgan fingerprint density at radius 3 is 2.80 bits per heavy atom. The summed E-state index contributed by atoms with van der Waals surface area (Å²) in [6, 6.07) is 0. The summed E-state index contributed by atoms with van der Waals surface area (Å²) in [5.74, 6) is 0. The molecule has 0 aromatic carbocycles. The lowest BCUT2D eigenvalue weighted by molar-refractivity contribution is -0.00847. The first-order chi connectivity index (χ1) is 7.18. The normalized spacial score (nSPS) is 22.6. The molecule has 1 fully saturated rings. The molecule has 0 spiro atoms. The van der Waals surface area contributed by atoms with Crippen molar-refractivity contribution >= 4 is 0 Å². The van der Waals surface area contributed by atoms with Gasteiger partial charge in [0.05, 0.1) is 18.8 Å². The smallest absolute Gasteiger partial charge is 0.0701 e. The van der Waals surface area contributed by atoms with Crippen LogP contribution in [-0.2, 0) is 9.47 Å². The number of nitrogens with zero attached hydrogens (tertiary/aromatic N) is 1. The lowest BCUT2D eigenvalue weighted by Crippen LogP contribution is -2.35. The summed E-state index contributed by atoms with van der Waals surface area (Å²) in [5, 5.41) is 0. The van der Waals surface area contributed by atoms with Gasteiger partial charge in [-0.25, -0.2) is 0 Å². The molecule has 0 aromatic heterocycles. The average Bonchev–Trinajstić information content (AvgIpc) is 2.18. The molecule has 0 bridgehead atoms. The Balaban J connectivity index is 2.03. The summed E-state index contributed by atoms with van der Waals surface area (Å²) in [7, 11) is 2.14. The Bertz CT molecular complexity index is 156. The average molecular weight is 215 g/mol. The highest BCUT2D eigenvalue weighted by Crippen LogP contribution is 2.13. The van der Waals surface area contributed by atoms with Gasteiger partial charge in [-0.3, -0.25) is 0 Å². The van der Waals surface area contributed by atoms with Gasteiger partial charge in [-0.05, 0) is 40.2 Å². The molecule has 1 heterocycles. The molecule has 0 aromatic rings. The number of hydrogen-bond donors (Lipinski definition) is 0. The Morgan fingerprint density at radius 2 is 2.20 bits per heavy atom. The minimum Gasteiger partial charge on any atom is -0.377 e. The molecule has 90 valence electrons. The van der Waals surface area contributed by atoms with Gasteiger partial charge >= 0.3 is 0 Å². The Labute approximate surface area is 93.7 Å². The molecular formula is C12H25NO2. The summed E-state index contributed by atoms with van der Waals surface area (Å²) in [6.07, 6.45) is 4.56. The van der Waals surface area contributed by atoms with Gasteiger partial charge in [0.2, 0.25) is 0 Å². The number of ether oxygens (including phenoxy) is 2. The van der Waals surface area contributed by atoms with Crippen LogP contribution in [0.4, 0.5) is 0 Å². The fourth-order valence-electron chi connectivity index (χ4n) is 1.83. The molecular weight excluding hydrogens is 190 g/mol. The molecule has 3 heteroatoms. The Kier molecular flexibility index (Phi) is 6.22. The van der Waals surface area contributed by atoms with Crippen LogP contribution in [0, 0.1) is 0 Å². The molecule has 1 aliphatic rings. The summed E-state index contributed by atoms with van der Waals surface area (Å²) in [6.45, 7) is 7.95. The van der Waals surface area contributed by atoms with Crippen LogP contribution in [0.25, 0.3) is 0 Å². The highest BCUT2D eigenvalue weighted by molar-refractivity contribution is 4.67. The van der Waals surface area contributed by atoms with Gasteiger partial charge in [0, 0.05) is 19.7 Å². The minimum atomic E-state index is 0.337. The quantitative estimate of drug-likeness (QED) is 0.675. The fourth-order valence-corrected chi connectivity index (χ4v) is 1.83. The fraction of sp³-hybridized carbons (Fsp3) is 1.00. The SMILES string of the molecule is CC(C)OCCN(C)C[C@@H]1CCCCO1. The van der Waals surface area contributed by atoms with Crippen molar-refractivity contribution in [1.82, 2.24) is 4.90 Å². The third-order valence-electron chi connectivity index (χ3n) is 2.71. The van der Waals surface area contributed by atoms with Gasteiger partial charge in [0.25, 0.3) is 0 Å². The van der Waals surface area contributed by atoms with Gasteiger partial charge in [-0.2, -0.15) is 0 Å². The first-order valence-electron chi connectivity index (χ1n) is 6.10. The van der Waals surface area contributed by atoms with E-state index in [1.165, 1.54) is 19.3 Å². The van der Waals surface area contributed by atoms with E-state index in [0.29, 0.717) is 12.2 Å². The monoisotopic (exact) mass is 215 g/mol. The molecule has 1 saturated heterocycles. The van der Waals surface area contributed by atoms with E-state index in [1.807, 2.05) is 0 Å². The van der Waals surface area contributed by atoms with Crippen LogP contribution >= 0.6 is 0 Å². The maximum atomic E-state index is 5.69. The van der Waals surface area contributed by atoms with Gasteiger partial charge in [0.1, 0.15) is 0 Å². The van der Waals surface area contributed by atoms with Crippen LogP contribution in [0.2, 0.25) is 0 Å². The lowest BCUT2D eigenvalue weighted by atomic mass is 10.1.